The highest BCUT2D eigenvalue weighted by Crippen LogP contribution is 2.29. The Morgan fingerprint density at radius 3 is 2.89 bits per heavy atom. The van der Waals surface area contributed by atoms with Crippen LogP contribution in [0, 0.1) is 10.1 Å². The first kappa shape index (κ1) is 12.7. The van der Waals surface area contributed by atoms with E-state index in [4.69, 9.17) is 4.74 Å². The summed E-state index contributed by atoms with van der Waals surface area (Å²) < 4.78 is 5.40. The van der Waals surface area contributed by atoms with Crippen LogP contribution in [0.2, 0.25) is 0 Å². The first-order valence-corrected chi connectivity index (χ1v) is 5.68. The number of nitrogens with one attached hydrogen (secondary N) is 1. The van der Waals surface area contributed by atoms with E-state index in [1.54, 1.807) is 18.3 Å². The molecule has 1 aromatic heterocycles. The van der Waals surface area contributed by atoms with Crippen molar-refractivity contribution in [2.75, 3.05) is 11.9 Å². The van der Waals surface area contributed by atoms with Crippen molar-refractivity contribution in [1.82, 2.24) is 9.97 Å². The highest BCUT2D eigenvalue weighted by atomic mass is 16.6. The number of nitro groups is 1. The third-order valence-electron chi connectivity index (χ3n) is 2.25. The molecule has 0 saturated carbocycles. The smallest absolute Gasteiger partial charge is 0.311 e. The maximum atomic E-state index is 10.9. The minimum atomic E-state index is -0.503. The molecule has 0 aliphatic rings. The Balaban J connectivity index is 2.26. The largest absolute Gasteiger partial charge is 0.430 e. The van der Waals surface area contributed by atoms with Gasteiger partial charge in [0.05, 0.1) is 17.3 Å². The molecule has 0 spiro atoms. The lowest BCUT2D eigenvalue weighted by atomic mass is 10.3. The van der Waals surface area contributed by atoms with E-state index in [1.165, 1.54) is 18.3 Å². The Morgan fingerprint density at radius 1 is 1.37 bits per heavy atom. The van der Waals surface area contributed by atoms with Crippen molar-refractivity contribution >= 4 is 11.5 Å². The standard InChI is InChI=1S/C12H12N4O3/c1-2-14-11-7-13-8-12(15-11)19-10-6-4-3-5-9(10)16(17)18/h3-8H,2H2,1H3,(H,14,15). The summed E-state index contributed by atoms with van der Waals surface area (Å²) in [5.41, 5.74) is -0.113. The number of benzene rings is 1. The summed E-state index contributed by atoms with van der Waals surface area (Å²) in [5, 5.41) is 13.8. The zero-order chi connectivity index (χ0) is 13.7. The van der Waals surface area contributed by atoms with Gasteiger partial charge >= 0.3 is 5.69 Å². The predicted octanol–water partition coefficient (Wildman–Crippen LogP) is 2.61. The molecule has 98 valence electrons. The van der Waals surface area contributed by atoms with Crippen LogP contribution in [0.4, 0.5) is 11.5 Å². The van der Waals surface area contributed by atoms with Crippen molar-refractivity contribution < 1.29 is 9.66 Å². The summed E-state index contributed by atoms with van der Waals surface area (Å²) in [7, 11) is 0. The summed E-state index contributed by atoms with van der Waals surface area (Å²) in [6, 6.07) is 6.12. The van der Waals surface area contributed by atoms with Gasteiger partial charge in [0.2, 0.25) is 11.6 Å². The van der Waals surface area contributed by atoms with Crippen LogP contribution in [0.25, 0.3) is 0 Å². The normalized spacial score (nSPS) is 9.95. The fraction of sp³-hybridized carbons (Fsp3) is 0.167. The SMILES string of the molecule is CCNc1cncc(Oc2ccccc2[N+](=O)[O-])n1. The fourth-order valence-corrected chi connectivity index (χ4v) is 1.47. The average molecular weight is 260 g/mol. The third kappa shape index (κ3) is 3.15. The summed E-state index contributed by atoms with van der Waals surface area (Å²) in [6.07, 6.45) is 2.95. The van der Waals surface area contributed by atoms with E-state index in [1.807, 2.05) is 6.92 Å². The molecule has 7 nitrogen and oxygen atoms in total. The van der Waals surface area contributed by atoms with Crippen LogP contribution in [-0.4, -0.2) is 21.4 Å². The Hall–Kier alpha value is -2.70. The molecule has 0 unspecified atom stereocenters. The van der Waals surface area contributed by atoms with Crippen molar-refractivity contribution in [3.63, 3.8) is 0 Å². The maximum absolute atomic E-state index is 10.9. The quantitative estimate of drug-likeness (QED) is 0.656. The van der Waals surface area contributed by atoms with Gasteiger partial charge in [-0.1, -0.05) is 12.1 Å². The van der Waals surface area contributed by atoms with Crippen molar-refractivity contribution in [3.05, 3.63) is 46.8 Å². The lowest BCUT2D eigenvalue weighted by molar-refractivity contribution is -0.385. The molecule has 0 aliphatic carbocycles. The number of nitrogens with zero attached hydrogens (tertiary/aromatic N) is 3. The number of para-hydroxylation sites is 2. The number of hydrogen-bond acceptors (Lipinski definition) is 6. The van der Waals surface area contributed by atoms with Gasteiger partial charge in [0.25, 0.3) is 0 Å². The summed E-state index contributed by atoms with van der Waals surface area (Å²) >= 11 is 0. The molecule has 0 amide bonds. The average Bonchev–Trinajstić information content (AvgIpc) is 2.40. The predicted molar refractivity (Wildman–Crippen MR) is 69.4 cm³/mol. The lowest BCUT2D eigenvalue weighted by Crippen LogP contribution is -2.01. The zero-order valence-electron chi connectivity index (χ0n) is 10.2. The van der Waals surface area contributed by atoms with Gasteiger partial charge < -0.3 is 10.1 Å². The highest BCUT2D eigenvalue weighted by molar-refractivity contribution is 5.47. The van der Waals surface area contributed by atoms with Crippen LogP contribution in [-0.2, 0) is 0 Å². The topological polar surface area (TPSA) is 90.2 Å². The van der Waals surface area contributed by atoms with E-state index in [9.17, 15) is 10.1 Å². The van der Waals surface area contributed by atoms with E-state index in [2.05, 4.69) is 15.3 Å². The molecule has 1 N–H and O–H groups in total. The second kappa shape index (κ2) is 5.76. The van der Waals surface area contributed by atoms with Crippen molar-refractivity contribution in [2.24, 2.45) is 0 Å². The molecule has 0 aliphatic heterocycles. The summed E-state index contributed by atoms with van der Waals surface area (Å²) in [5.74, 6) is 0.891. The molecule has 0 radical (unpaired) electrons. The number of nitro benzene ring substituents is 1. The van der Waals surface area contributed by atoms with Crippen LogP contribution in [0.15, 0.2) is 36.7 Å². The molecule has 0 atom stereocenters. The van der Waals surface area contributed by atoms with E-state index < -0.39 is 4.92 Å². The summed E-state index contributed by atoms with van der Waals surface area (Å²) in [6.45, 7) is 2.63. The number of ether oxygens (including phenoxy) is 1. The summed E-state index contributed by atoms with van der Waals surface area (Å²) in [4.78, 5) is 18.4. The number of rotatable bonds is 5. The van der Waals surface area contributed by atoms with E-state index in [-0.39, 0.29) is 17.3 Å². The molecule has 19 heavy (non-hydrogen) atoms. The van der Waals surface area contributed by atoms with Crippen LogP contribution in [0.3, 0.4) is 0 Å². The van der Waals surface area contributed by atoms with Gasteiger partial charge in [-0.25, -0.2) is 0 Å². The first-order valence-electron chi connectivity index (χ1n) is 5.68. The van der Waals surface area contributed by atoms with Crippen LogP contribution in [0.1, 0.15) is 6.92 Å². The molecule has 2 rings (SSSR count). The van der Waals surface area contributed by atoms with Crippen molar-refractivity contribution in [3.8, 4) is 11.6 Å². The van der Waals surface area contributed by atoms with E-state index >= 15 is 0 Å². The van der Waals surface area contributed by atoms with Gasteiger partial charge in [-0.05, 0) is 13.0 Å². The Bertz CT molecular complexity index is 589. The third-order valence-corrected chi connectivity index (χ3v) is 2.25. The maximum Gasteiger partial charge on any atom is 0.311 e. The second-order valence-electron chi connectivity index (χ2n) is 3.60. The molecule has 0 fully saturated rings. The molecule has 7 heteroatoms. The van der Waals surface area contributed by atoms with Gasteiger partial charge in [0, 0.05) is 12.6 Å². The van der Waals surface area contributed by atoms with Crippen molar-refractivity contribution in [2.45, 2.75) is 6.92 Å². The van der Waals surface area contributed by atoms with Crippen LogP contribution < -0.4 is 10.1 Å². The second-order valence-corrected chi connectivity index (χ2v) is 3.60. The van der Waals surface area contributed by atoms with Gasteiger partial charge in [0.15, 0.2) is 0 Å². The minimum absolute atomic E-state index is 0.113. The highest BCUT2D eigenvalue weighted by Gasteiger charge is 2.15. The Morgan fingerprint density at radius 2 is 2.16 bits per heavy atom. The lowest BCUT2D eigenvalue weighted by Gasteiger charge is -2.06. The van der Waals surface area contributed by atoms with Gasteiger partial charge in [-0.3, -0.25) is 15.1 Å². The van der Waals surface area contributed by atoms with E-state index in [0.29, 0.717) is 12.4 Å². The minimum Gasteiger partial charge on any atom is -0.430 e. The molecular weight excluding hydrogens is 248 g/mol. The number of hydrogen-bond donors (Lipinski definition) is 1. The van der Waals surface area contributed by atoms with Crippen molar-refractivity contribution in [1.29, 1.82) is 0 Å². The zero-order valence-corrected chi connectivity index (χ0v) is 10.2. The number of anilines is 1. The molecule has 0 bridgehead atoms. The number of aromatic nitrogens is 2. The van der Waals surface area contributed by atoms with Gasteiger partial charge in [-0.2, -0.15) is 4.98 Å². The van der Waals surface area contributed by atoms with Gasteiger partial charge in [-0.15, -0.1) is 0 Å². The molecular formula is C12H12N4O3. The van der Waals surface area contributed by atoms with Crippen LogP contribution in [0.5, 0.6) is 11.6 Å². The van der Waals surface area contributed by atoms with Gasteiger partial charge in [0.1, 0.15) is 5.82 Å². The molecule has 2 aromatic rings. The molecule has 0 saturated heterocycles. The fourth-order valence-electron chi connectivity index (χ4n) is 1.47. The monoisotopic (exact) mass is 260 g/mol. The molecule has 1 heterocycles. The molecule has 1 aromatic carbocycles. The Kier molecular flexibility index (Phi) is 3.87. The Labute approximate surface area is 109 Å². The van der Waals surface area contributed by atoms with E-state index in [0.717, 1.165) is 0 Å². The van der Waals surface area contributed by atoms with Crippen LogP contribution >= 0.6 is 0 Å². The first-order chi connectivity index (χ1) is 9.20.